The first kappa shape index (κ1) is 17.4. The number of likely N-dealkylation sites (tertiary alicyclic amines) is 1. The summed E-state index contributed by atoms with van der Waals surface area (Å²) in [6, 6.07) is 8.84. The predicted molar refractivity (Wildman–Crippen MR) is 103 cm³/mol. The summed E-state index contributed by atoms with van der Waals surface area (Å²) in [6.45, 7) is 4.08. The van der Waals surface area contributed by atoms with Gasteiger partial charge in [-0.25, -0.2) is 0 Å². The number of phenolic OH excluding ortho intramolecular Hbond substituents is 1. The van der Waals surface area contributed by atoms with E-state index in [9.17, 15) is 5.11 Å². The molecule has 27 heavy (non-hydrogen) atoms. The van der Waals surface area contributed by atoms with E-state index in [4.69, 9.17) is 5.26 Å². The Bertz CT molecular complexity index is 1060. The Morgan fingerprint density at radius 2 is 2.11 bits per heavy atom. The van der Waals surface area contributed by atoms with Crippen LogP contribution in [0.4, 0.5) is 0 Å². The van der Waals surface area contributed by atoms with E-state index < -0.39 is 0 Å². The van der Waals surface area contributed by atoms with Crippen molar-refractivity contribution in [3.05, 3.63) is 47.3 Å². The number of piperidine rings is 1. The molecule has 1 N–H and O–H groups in total. The summed E-state index contributed by atoms with van der Waals surface area (Å²) in [5.74, 6) is 0.393. The van der Waals surface area contributed by atoms with Crippen LogP contribution in [-0.2, 0) is 0 Å². The van der Waals surface area contributed by atoms with Gasteiger partial charge >= 0.3 is 0 Å². The molecule has 1 saturated heterocycles. The molecule has 6 nitrogen and oxygen atoms in total. The molecule has 3 heterocycles. The Balaban J connectivity index is 1.83. The van der Waals surface area contributed by atoms with Crippen LogP contribution in [0.1, 0.15) is 35.6 Å². The summed E-state index contributed by atoms with van der Waals surface area (Å²) in [6.07, 6.45) is 4.10. The fourth-order valence-corrected chi connectivity index (χ4v) is 3.93. The van der Waals surface area contributed by atoms with Gasteiger partial charge in [0.15, 0.2) is 0 Å². The first-order valence-electron chi connectivity index (χ1n) is 9.12. The zero-order valence-electron chi connectivity index (χ0n) is 15.5. The van der Waals surface area contributed by atoms with E-state index in [1.165, 1.54) is 6.07 Å². The molecule has 2 aromatic heterocycles. The SMILES string of the molecule is Cc1c(-c2ccc(C#N)cc2O)nnc2c(C3CCCN(C)C3)nccc12. The third kappa shape index (κ3) is 3.11. The summed E-state index contributed by atoms with van der Waals surface area (Å²) >= 11 is 0. The molecule has 1 aliphatic rings. The molecule has 0 saturated carbocycles. The van der Waals surface area contributed by atoms with E-state index in [0.717, 1.165) is 48.1 Å². The second kappa shape index (κ2) is 6.93. The van der Waals surface area contributed by atoms with Crippen LogP contribution < -0.4 is 0 Å². The zero-order chi connectivity index (χ0) is 19.0. The molecule has 1 atom stereocenters. The van der Waals surface area contributed by atoms with Crippen LogP contribution in [0.25, 0.3) is 22.2 Å². The largest absolute Gasteiger partial charge is 0.507 e. The number of aromatic hydroxyl groups is 1. The molecule has 1 fully saturated rings. The molecule has 1 aromatic carbocycles. The summed E-state index contributed by atoms with van der Waals surface area (Å²) in [7, 11) is 2.14. The van der Waals surface area contributed by atoms with E-state index in [-0.39, 0.29) is 5.75 Å². The molecular formula is C21H21N5O. The van der Waals surface area contributed by atoms with Gasteiger partial charge in [-0.2, -0.15) is 5.26 Å². The van der Waals surface area contributed by atoms with Crippen LogP contribution >= 0.6 is 0 Å². The number of aryl methyl sites for hydroxylation is 1. The molecule has 136 valence electrons. The van der Waals surface area contributed by atoms with Gasteiger partial charge in [0.05, 0.1) is 17.3 Å². The topological polar surface area (TPSA) is 85.9 Å². The molecule has 1 unspecified atom stereocenters. The van der Waals surface area contributed by atoms with E-state index in [2.05, 4.69) is 27.1 Å². The highest BCUT2D eigenvalue weighted by Crippen LogP contribution is 2.35. The summed E-state index contributed by atoms with van der Waals surface area (Å²) < 4.78 is 0. The Kier molecular flexibility index (Phi) is 4.46. The number of fused-ring (bicyclic) bond motifs is 1. The predicted octanol–water partition coefficient (Wildman–Crippen LogP) is 3.39. The van der Waals surface area contributed by atoms with Gasteiger partial charge in [-0.1, -0.05) is 0 Å². The molecule has 6 heteroatoms. The van der Waals surface area contributed by atoms with Crippen molar-refractivity contribution < 1.29 is 5.11 Å². The third-order valence-electron chi connectivity index (χ3n) is 5.35. The summed E-state index contributed by atoms with van der Waals surface area (Å²) in [5, 5.41) is 29.2. The van der Waals surface area contributed by atoms with E-state index in [1.54, 1.807) is 12.1 Å². The lowest BCUT2D eigenvalue weighted by atomic mass is 9.92. The van der Waals surface area contributed by atoms with Crippen molar-refractivity contribution in [1.29, 1.82) is 5.26 Å². The van der Waals surface area contributed by atoms with Gasteiger partial charge in [0, 0.05) is 29.6 Å². The van der Waals surface area contributed by atoms with E-state index in [1.807, 2.05) is 25.3 Å². The third-order valence-corrected chi connectivity index (χ3v) is 5.35. The normalized spacial score (nSPS) is 17.7. The fourth-order valence-electron chi connectivity index (χ4n) is 3.93. The summed E-state index contributed by atoms with van der Waals surface area (Å²) in [4.78, 5) is 6.97. The smallest absolute Gasteiger partial charge is 0.126 e. The number of benzene rings is 1. The van der Waals surface area contributed by atoms with E-state index >= 15 is 0 Å². The van der Waals surface area contributed by atoms with Crippen LogP contribution in [0.15, 0.2) is 30.5 Å². The van der Waals surface area contributed by atoms with Gasteiger partial charge in [0.1, 0.15) is 17.0 Å². The molecule has 0 aliphatic carbocycles. The molecule has 1 aliphatic heterocycles. The Morgan fingerprint density at radius 3 is 2.85 bits per heavy atom. The molecule has 0 amide bonds. The number of nitriles is 1. The minimum Gasteiger partial charge on any atom is -0.507 e. The molecule has 3 aromatic rings. The monoisotopic (exact) mass is 359 g/mol. The molecule has 0 radical (unpaired) electrons. The maximum absolute atomic E-state index is 10.3. The van der Waals surface area contributed by atoms with Crippen LogP contribution in [0.3, 0.4) is 0 Å². The van der Waals surface area contributed by atoms with Crippen molar-refractivity contribution in [3.8, 4) is 23.1 Å². The number of hydrogen-bond donors (Lipinski definition) is 1. The minimum atomic E-state index is 0.0361. The first-order valence-corrected chi connectivity index (χ1v) is 9.12. The highest BCUT2D eigenvalue weighted by Gasteiger charge is 2.24. The number of likely N-dealkylation sites (N-methyl/N-ethyl adjacent to an activating group) is 1. The van der Waals surface area contributed by atoms with Crippen molar-refractivity contribution in [1.82, 2.24) is 20.1 Å². The van der Waals surface area contributed by atoms with Crippen molar-refractivity contribution >= 4 is 10.9 Å². The van der Waals surface area contributed by atoms with E-state index in [0.29, 0.717) is 22.7 Å². The number of hydrogen-bond acceptors (Lipinski definition) is 6. The lowest BCUT2D eigenvalue weighted by Gasteiger charge is -2.29. The maximum Gasteiger partial charge on any atom is 0.126 e. The zero-order valence-corrected chi connectivity index (χ0v) is 15.5. The van der Waals surface area contributed by atoms with Crippen LogP contribution in [0, 0.1) is 18.3 Å². The average molecular weight is 359 g/mol. The van der Waals surface area contributed by atoms with Gasteiger partial charge in [-0.3, -0.25) is 4.98 Å². The van der Waals surface area contributed by atoms with Crippen molar-refractivity contribution in [2.24, 2.45) is 0 Å². The lowest BCUT2D eigenvalue weighted by Crippen LogP contribution is -2.31. The van der Waals surface area contributed by atoms with Crippen molar-refractivity contribution in [2.75, 3.05) is 20.1 Å². The van der Waals surface area contributed by atoms with Crippen molar-refractivity contribution in [3.63, 3.8) is 0 Å². The highest BCUT2D eigenvalue weighted by molar-refractivity contribution is 5.89. The number of nitrogens with zero attached hydrogens (tertiary/aromatic N) is 5. The maximum atomic E-state index is 10.3. The highest BCUT2D eigenvalue weighted by atomic mass is 16.3. The van der Waals surface area contributed by atoms with Gasteiger partial charge in [0.25, 0.3) is 0 Å². The summed E-state index contributed by atoms with van der Waals surface area (Å²) in [5.41, 5.74) is 4.42. The van der Waals surface area contributed by atoms with Crippen LogP contribution in [-0.4, -0.2) is 45.3 Å². The van der Waals surface area contributed by atoms with Gasteiger partial charge in [-0.05, 0) is 63.2 Å². The Hall–Kier alpha value is -3.04. The van der Waals surface area contributed by atoms with Crippen LogP contribution in [0.2, 0.25) is 0 Å². The Morgan fingerprint density at radius 1 is 1.26 bits per heavy atom. The Labute approximate surface area is 158 Å². The van der Waals surface area contributed by atoms with Gasteiger partial charge in [0.2, 0.25) is 0 Å². The molecule has 0 spiro atoms. The molecule has 4 rings (SSSR count). The standard InChI is InChI=1S/C21H21N5O/c1-13-16-7-8-23-20(15-4-3-9-26(2)12-15)21(16)25-24-19(13)17-6-5-14(11-22)10-18(17)27/h5-8,10,15,27H,3-4,9,12H2,1-2H3. The van der Waals surface area contributed by atoms with Crippen molar-refractivity contribution in [2.45, 2.75) is 25.7 Å². The van der Waals surface area contributed by atoms with Gasteiger partial charge in [-0.15, -0.1) is 10.2 Å². The average Bonchev–Trinajstić information content (AvgIpc) is 2.68. The second-order valence-electron chi connectivity index (χ2n) is 7.21. The van der Waals surface area contributed by atoms with Crippen LogP contribution in [0.5, 0.6) is 5.75 Å². The van der Waals surface area contributed by atoms with Gasteiger partial charge < -0.3 is 10.0 Å². The number of phenols is 1. The first-order chi connectivity index (χ1) is 13.1. The number of aromatic nitrogens is 3. The lowest BCUT2D eigenvalue weighted by molar-refractivity contribution is 0.249. The quantitative estimate of drug-likeness (QED) is 0.755. The minimum absolute atomic E-state index is 0.0361. The molecule has 0 bridgehead atoms. The second-order valence-corrected chi connectivity index (χ2v) is 7.21. The number of pyridine rings is 1. The fraction of sp³-hybridized carbons (Fsp3) is 0.333. The number of rotatable bonds is 2. The molecular weight excluding hydrogens is 338 g/mol.